The predicted molar refractivity (Wildman–Crippen MR) is 105 cm³/mol. The highest BCUT2D eigenvalue weighted by Gasteiger charge is 2.18. The first-order chi connectivity index (χ1) is 12.8. The maximum absolute atomic E-state index is 12.0. The van der Waals surface area contributed by atoms with Crippen LogP contribution in [0.5, 0.6) is 0 Å². The van der Waals surface area contributed by atoms with Crippen LogP contribution in [0.2, 0.25) is 0 Å². The Morgan fingerprint density at radius 3 is 2.59 bits per heavy atom. The van der Waals surface area contributed by atoms with Gasteiger partial charge in [-0.3, -0.25) is 14.9 Å². The van der Waals surface area contributed by atoms with Crippen LogP contribution in [-0.4, -0.2) is 23.4 Å². The Labute approximate surface area is 164 Å². The topological polar surface area (TPSA) is 98.5 Å². The first-order valence-electron chi connectivity index (χ1n) is 7.92. The SMILES string of the molecule is Cc1cc(NC(=O)COC(=O)C=Cc2cccc(Br)c2)c([N+](=O)[O-])cc1C. The molecule has 2 aromatic carbocycles. The molecule has 0 aliphatic heterocycles. The van der Waals surface area contributed by atoms with E-state index >= 15 is 0 Å². The fourth-order valence-corrected chi connectivity index (χ4v) is 2.61. The molecule has 0 atom stereocenters. The summed E-state index contributed by atoms with van der Waals surface area (Å²) in [5, 5.41) is 13.5. The third-order valence-electron chi connectivity index (χ3n) is 3.69. The van der Waals surface area contributed by atoms with Crippen LogP contribution in [0.1, 0.15) is 16.7 Å². The van der Waals surface area contributed by atoms with Gasteiger partial charge in [0.1, 0.15) is 5.69 Å². The minimum atomic E-state index is -0.695. The second-order valence-corrected chi connectivity index (χ2v) is 6.67. The number of carbonyl (C=O) groups is 2. The van der Waals surface area contributed by atoms with Gasteiger partial charge in [0.25, 0.3) is 11.6 Å². The molecule has 0 heterocycles. The molecule has 0 radical (unpaired) electrons. The summed E-state index contributed by atoms with van der Waals surface area (Å²) in [6.45, 7) is 2.97. The zero-order chi connectivity index (χ0) is 20.0. The molecular weight excluding hydrogens is 416 g/mol. The molecule has 1 N–H and O–H groups in total. The number of halogens is 1. The predicted octanol–water partition coefficient (Wildman–Crippen LogP) is 4.17. The van der Waals surface area contributed by atoms with Crippen molar-refractivity contribution in [2.75, 3.05) is 11.9 Å². The number of nitrogens with zero attached hydrogens (tertiary/aromatic N) is 1. The van der Waals surface area contributed by atoms with E-state index in [4.69, 9.17) is 4.74 Å². The van der Waals surface area contributed by atoms with Gasteiger partial charge in [-0.05, 0) is 54.8 Å². The van der Waals surface area contributed by atoms with Crippen LogP contribution in [0.25, 0.3) is 6.08 Å². The number of nitro benzene ring substituents is 1. The van der Waals surface area contributed by atoms with Crippen molar-refractivity contribution in [3.63, 3.8) is 0 Å². The minimum absolute atomic E-state index is 0.0637. The lowest BCUT2D eigenvalue weighted by Crippen LogP contribution is -2.20. The molecule has 2 rings (SSSR count). The molecule has 27 heavy (non-hydrogen) atoms. The van der Waals surface area contributed by atoms with Crippen LogP contribution in [0.4, 0.5) is 11.4 Å². The molecule has 0 aliphatic rings. The number of anilines is 1. The molecule has 0 unspecified atom stereocenters. The van der Waals surface area contributed by atoms with E-state index in [1.165, 1.54) is 18.2 Å². The van der Waals surface area contributed by atoms with Crippen molar-refractivity contribution in [2.45, 2.75) is 13.8 Å². The van der Waals surface area contributed by atoms with Crippen LogP contribution in [-0.2, 0) is 14.3 Å². The number of rotatable bonds is 6. The van der Waals surface area contributed by atoms with Crippen LogP contribution < -0.4 is 5.32 Å². The Kier molecular flexibility index (Phi) is 6.84. The number of benzene rings is 2. The molecule has 0 aromatic heterocycles. The number of amides is 1. The van der Waals surface area contributed by atoms with Gasteiger partial charge in [-0.15, -0.1) is 0 Å². The Hall–Kier alpha value is -3.00. The molecule has 7 nitrogen and oxygen atoms in total. The maximum atomic E-state index is 12.0. The molecule has 0 aliphatic carbocycles. The zero-order valence-corrected chi connectivity index (χ0v) is 16.3. The highest BCUT2D eigenvalue weighted by molar-refractivity contribution is 9.10. The van der Waals surface area contributed by atoms with Gasteiger partial charge >= 0.3 is 5.97 Å². The summed E-state index contributed by atoms with van der Waals surface area (Å²) in [6.07, 6.45) is 2.76. The average molecular weight is 433 g/mol. The summed E-state index contributed by atoms with van der Waals surface area (Å²) >= 11 is 3.32. The molecule has 0 saturated heterocycles. The van der Waals surface area contributed by atoms with E-state index in [0.717, 1.165) is 21.2 Å². The van der Waals surface area contributed by atoms with Gasteiger partial charge in [0, 0.05) is 16.6 Å². The van der Waals surface area contributed by atoms with Gasteiger partial charge < -0.3 is 10.1 Å². The van der Waals surface area contributed by atoms with Crippen molar-refractivity contribution in [1.82, 2.24) is 0 Å². The van der Waals surface area contributed by atoms with Gasteiger partial charge in [-0.1, -0.05) is 28.1 Å². The third-order valence-corrected chi connectivity index (χ3v) is 4.18. The monoisotopic (exact) mass is 432 g/mol. The number of aryl methyl sites for hydroxylation is 2. The normalized spacial score (nSPS) is 10.6. The van der Waals surface area contributed by atoms with Gasteiger partial charge in [-0.2, -0.15) is 0 Å². The summed E-state index contributed by atoms with van der Waals surface area (Å²) in [5.74, 6) is -1.36. The van der Waals surface area contributed by atoms with Crippen molar-refractivity contribution in [2.24, 2.45) is 0 Å². The standard InChI is InChI=1S/C19H17BrN2O5/c1-12-8-16(17(22(25)26)9-13(12)2)21-18(23)11-27-19(24)7-6-14-4-3-5-15(20)10-14/h3-10H,11H2,1-2H3,(H,21,23). The van der Waals surface area contributed by atoms with Gasteiger partial charge in [0.15, 0.2) is 6.61 Å². The molecule has 1 amide bonds. The van der Waals surface area contributed by atoms with Gasteiger partial charge in [0.05, 0.1) is 4.92 Å². The Morgan fingerprint density at radius 2 is 1.93 bits per heavy atom. The molecule has 0 fully saturated rings. The van der Waals surface area contributed by atoms with E-state index < -0.39 is 23.4 Å². The third kappa shape index (κ3) is 6.03. The fraction of sp³-hybridized carbons (Fsp3) is 0.158. The lowest BCUT2D eigenvalue weighted by atomic mass is 10.1. The summed E-state index contributed by atoms with van der Waals surface area (Å²) < 4.78 is 5.73. The first-order valence-corrected chi connectivity index (χ1v) is 8.71. The number of esters is 1. The van der Waals surface area contributed by atoms with Crippen LogP contribution in [0.15, 0.2) is 46.9 Å². The number of hydrogen-bond donors (Lipinski definition) is 1. The zero-order valence-electron chi connectivity index (χ0n) is 14.7. The molecular formula is C19H17BrN2O5. The largest absolute Gasteiger partial charge is 0.452 e. The smallest absolute Gasteiger partial charge is 0.331 e. The maximum Gasteiger partial charge on any atom is 0.331 e. The quantitative estimate of drug-likeness (QED) is 0.319. The molecule has 2 aromatic rings. The van der Waals surface area contributed by atoms with E-state index in [1.807, 2.05) is 18.2 Å². The molecule has 140 valence electrons. The number of ether oxygens (including phenoxy) is 1. The molecule has 0 bridgehead atoms. The fourth-order valence-electron chi connectivity index (χ4n) is 2.20. The van der Waals surface area contributed by atoms with E-state index in [9.17, 15) is 19.7 Å². The second-order valence-electron chi connectivity index (χ2n) is 5.75. The van der Waals surface area contributed by atoms with Crippen LogP contribution >= 0.6 is 15.9 Å². The number of hydrogen-bond acceptors (Lipinski definition) is 5. The van der Waals surface area contributed by atoms with E-state index in [1.54, 1.807) is 26.0 Å². The lowest BCUT2D eigenvalue weighted by Gasteiger charge is -2.09. The Balaban J connectivity index is 1.95. The van der Waals surface area contributed by atoms with Gasteiger partial charge in [0.2, 0.25) is 0 Å². The average Bonchev–Trinajstić information content (AvgIpc) is 2.61. The molecule has 0 spiro atoms. The highest BCUT2D eigenvalue weighted by atomic mass is 79.9. The van der Waals surface area contributed by atoms with Crippen LogP contribution in [0, 0.1) is 24.0 Å². The van der Waals surface area contributed by atoms with E-state index in [2.05, 4.69) is 21.2 Å². The summed E-state index contributed by atoms with van der Waals surface area (Å²) in [7, 11) is 0. The Bertz CT molecular complexity index is 924. The van der Waals surface area contributed by atoms with Crippen molar-refractivity contribution in [3.05, 3.63) is 73.8 Å². The Morgan fingerprint density at radius 1 is 1.22 bits per heavy atom. The van der Waals surface area contributed by atoms with E-state index in [0.29, 0.717) is 0 Å². The second kappa shape index (κ2) is 9.09. The summed E-state index contributed by atoms with van der Waals surface area (Å²) in [5.41, 5.74) is 2.17. The molecule has 8 heteroatoms. The van der Waals surface area contributed by atoms with Crippen molar-refractivity contribution in [1.29, 1.82) is 0 Å². The lowest BCUT2D eigenvalue weighted by molar-refractivity contribution is -0.384. The van der Waals surface area contributed by atoms with Crippen molar-refractivity contribution < 1.29 is 19.2 Å². The van der Waals surface area contributed by atoms with Crippen molar-refractivity contribution >= 4 is 45.3 Å². The minimum Gasteiger partial charge on any atom is -0.452 e. The van der Waals surface area contributed by atoms with Crippen LogP contribution in [0.3, 0.4) is 0 Å². The number of nitrogens with one attached hydrogen (secondary N) is 1. The summed E-state index contributed by atoms with van der Waals surface area (Å²) in [4.78, 5) is 34.2. The highest BCUT2D eigenvalue weighted by Crippen LogP contribution is 2.27. The molecule has 0 saturated carbocycles. The van der Waals surface area contributed by atoms with Crippen molar-refractivity contribution in [3.8, 4) is 0 Å². The van der Waals surface area contributed by atoms with E-state index in [-0.39, 0.29) is 11.4 Å². The summed E-state index contributed by atoms with van der Waals surface area (Å²) in [6, 6.07) is 10.2. The number of nitro groups is 1. The number of carbonyl (C=O) groups excluding carboxylic acids is 2. The van der Waals surface area contributed by atoms with Gasteiger partial charge in [-0.25, -0.2) is 4.79 Å². The first kappa shape index (κ1) is 20.3.